The zero-order valence-electron chi connectivity index (χ0n) is 8.53. The molecule has 0 aliphatic carbocycles. The van der Waals surface area contributed by atoms with Gasteiger partial charge >= 0.3 is 0 Å². The Bertz CT molecular complexity index is 278. The van der Waals surface area contributed by atoms with Crippen LogP contribution in [0.3, 0.4) is 0 Å². The van der Waals surface area contributed by atoms with Gasteiger partial charge in [-0.15, -0.1) is 0 Å². The van der Waals surface area contributed by atoms with Crippen LogP contribution in [-0.2, 0) is 4.79 Å². The smallest absolute Gasteiger partial charge is 0.166 e. The van der Waals surface area contributed by atoms with Crippen LogP contribution in [0.25, 0.3) is 6.08 Å². The van der Waals surface area contributed by atoms with Gasteiger partial charge in [0, 0.05) is 0 Å². The van der Waals surface area contributed by atoms with Gasteiger partial charge in [-0.2, -0.15) is 0 Å². The molecular formula is C12H15BrO. The molecule has 1 rings (SSSR count). The van der Waals surface area contributed by atoms with E-state index in [-0.39, 0.29) is 5.78 Å². The van der Waals surface area contributed by atoms with Crippen molar-refractivity contribution in [2.45, 2.75) is 13.8 Å². The molecule has 0 saturated carbocycles. The van der Waals surface area contributed by atoms with Crippen LogP contribution in [0.5, 0.6) is 0 Å². The van der Waals surface area contributed by atoms with Gasteiger partial charge in [0.25, 0.3) is 0 Å². The average molecular weight is 255 g/mol. The van der Waals surface area contributed by atoms with Crippen LogP contribution >= 0.6 is 15.9 Å². The first-order valence-corrected chi connectivity index (χ1v) is 5.77. The highest BCUT2D eigenvalue weighted by molar-refractivity contribution is 9.09. The molecule has 0 heterocycles. The van der Waals surface area contributed by atoms with Crippen molar-refractivity contribution in [3.63, 3.8) is 0 Å². The van der Waals surface area contributed by atoms with Gasteiger partial charge in [0.15, 0.2) is 5.78 Å². The predicted molar refractivity (Wildman–Crippen MR) is 65.6 cm³/mol. The van der Waals surface area contributed by atoms with E-state index in [4.69, 9.17) is 0 Å². The van der Waals surface area contributed by atoms with Crippen molar-refractivity contribution in [1.29, 1.82) is 0 Å². The molecule has 0 radical (unpaired) electrons. The van der Waals surface area contributed by atoms with Gasteiger partial charge in [-0.3, -0.25) is 4.79 Å². The zero-order chi connectivity index (χ0) is 10.8. The summed E-state index contributed by atoms with van der Waals surface area (Å²) >= 11 is 3.09. The van der Waals surface area contributed by atoms with Gasteiger partial charge in [0.2, 0.25) is 0 Å². The van der Waals surface area contributed by atoms with E-state index in [1.165, 1.54) is 0 Å². The van der Waals surface area contributed by atoms with Gasteiger partial charge in [0.1, 0.15) is 0 Å². The van der Waals surface area contributed by atoms with E-state index in [1.54, 1.807) is 6.08 Å². The van der Waals surface area contributed by atoms with Gasteiger partial charge < -0.3 is 0 Å². The molecule has 1 aromatic carbocycles. The topological polar surface area (TPSA) is 17.1 Å². The summed E-state index contributed by atoms with van der Waals surface area (Å²) in [5, 5.41) is 0.385. The number of rotatable bonds is 3. The molecule has 0 saturated heterocycles. The molecule has 0 aliphatic rings. The predicted octanol–water partition coefficient (Wildman–Crippen LogP) is 3.69. The molecule has 76 valence electrons. The minimum Gasteiger partial charge on any atom is -0.294 e. The van der Waals surface area contributed by atoms with Crippen molar-refractivity contribution in [2.75, 3.05) is 5.33 Å². The van der Waals surface area contributed by atoms with Crippen LogP contribution in [0.15, 0.2) is 36.4 Å². The molecule has 0 atom stereocenters. The molecule has 0 unspecified atom stereocenters. The third-order valence-electron chi connectivity index (χ3n) is 1.39. The van der Waals surface area contributed by atoms with Crippen LogP contribution in [-0.4, -0.2) is 11.1 Å². The van der Waals surface area contributed by atoms with Crippen molar-refractivity contribution in [2.24, 2.45) is 0 Å². The number of alkyl halides is 1. The molecule has 0 fully saturated rings. The molecule has 0 amide bonds. The minimum atomic E-state index is 0.0823. The molecule has 1 aromatic rings. The number of allylic oxidation sites excluding steroid dienone is 1. The van der Waals surface area contributed by atoms with E-state index in [0.29, 0.717) is 5.33 Å². The monoisotopic (exact) mass is 254 g/mol. The van der Waals surface area contributed by atoms with Crippen LogP contribution in [0.2, 0.25) is 0 Å². The second kappa shape index (κ2) is 8.70. The number of hydrogen-bond donors (Lipinski definition) is 0. The van der Waals surface area contributed by atoms with Gasteiger partial charge in [-0.05, 0) is 11.6 Å². The Morgan fingerprint density at radius 2 is 1.86 bits per heavy atom. The van der Waals surface area contributed by atoms with Crippen molar-refractivity contribution in [3.8, 4) is 0 Å². The largest absolute Gasteiger partial charge is 0.294 e. The average Bonchev–Trinajstić information content (AvgIpc) is 2.30. The molecule has 0 bridgehead atoms. The molecular weight excluding hydrogens is 240 g/mol. The maximum absolute atomic E-state index is 10.9. The highest BCUT2D eigenvalue weighted by Crippen LogP contribution is 2.01. The summed E-state index contributed by atoms with van der Waals surface area (Å²) in [5.41, 5.74) is 1.05. The fourth-order valence-corrected chi connectivity index (χ4v) is 0.985. The Kier molecular flexibility index (Phi) is 8.14. The summed E-state index contributed by atoms with van der Waals surface area (Å²) in [6, 6.07) is 9.75. The highest BCUT2D eigenvalue weighted by atomic mass is 79.9. The Balaban J connectivity index is 0.000000791. The molecule has 0 aliphatic heterocycles. The second-order valence-corrected chi connectivity index (χ2v) is 2.90. The number of carbonyl (C=O) groups excluding carboxylic acids is 1. The lowest BCUT2D eigenvalue weighted by molar-refractivity contribution is -0.112. The summed E-state index contributed by atoms with van der Waals surface area (Å²) in [6.07, 6.45) is 3.38. The van der Waals surface area contributed by atoms with Gasteiger partial charge in [-0.25, -0.2) is 0 Å². The van der Waals surface area contributed by atoms with Crippen LogP contribution < -0.4 is 0 Å². The first-order chi connectivity index (χ1) is 6.83. The van der Waals surface area contributed by atoms with E-state index in [0.717, 1.165) is 5.56 Å². The lowest BCUT2D eigenvalue weighted by Crippen LogP contribution is -1.90. The standard InChI is InChI=1S/C10H9BrO.C2H6/c11-8-10(12)7-6-9-4-2-1-3-5-9;1-2/h1-7H,8H2;1-2H3/b7-6+;. The molecule has 14 heavy (non-hydrogen) atoms. The highest BCUT2D eigenvalue weighted by Gasteiger charge is 1.90. The number of benzene rings is 1. The Morgan fingerprint density at radius 3 is 2.36 bits per heavy atom. The maximum atomic E-state index is 10.9. The van der Waals surface area contributed by atoms with Crippen molar-refractivity contribution in [1.82, 2.24) is 0 Å². The quantitative estimate of drug-likeness (QED) is 0.594. The lowest BCUT2D eigenvalue weighted by atomic mass is 10.2. The normalized spacial score (nSPS) is 9.36. The molecule has 1 nitrogen and oxygen atoms in total. The summed E-state index contributed by atoms with van der Waals surface area (Å²) < 4.78 is 0. The Hall–Kier alpha value is -0.890. The lowest BCUT2D eigenvalue weighted by Gasteiger charge is -1.89. The zero-order valence-corrected chi connectivity index (χ0v) is 10.1. The van der Waals surface area contributed by atoms with E-state index in [9.17, 15) is 4.79 Å². The third-order valence-corrected chi connectivity index (χ3v) is 1.95. The van der Waals surface area contributed by atoms with Crippen molar-refractivity contribution < 1.29 is 4.79 Å². The van der Waals surface area contributed by atoms with Gasteiger partial charge in [-0.1, -0.05) is 66.2 Å². The van der Waals surface area contributed by atoms with E-state index in [2.05, 4.69) is 15.9 Å². The summed E-state index contributed by atoms with van der Waals surface area (Å²) in [5.74, 6) is 0.0823. The first-order valence-electron chi connectivity index (χ1n) is 4.65. The molecule has 0 spiro atoms. The number of carbonyl (C=O) groups is 1. The second-order valence-electron chi connectivity index (χ2n) is 2.34. The van der Waals surface area contributed by atoms with E-state index < -0.39 is 0 Å². The van der Waals surface area contributed by atoms with Crippen LogP contribution in [0.4, 0.5) is 0 Å². The first kappa shape index (κ1) is 13.1. The molecule has 0 aromatic heterocycles. The summed E-state index contributed by atoms with van der Waals surface area (Å²) in [7, 11) is 0. The van der Waals surface area contributed by atoms with E-state index in [1.807, 2.05) is 50.3 Å². The fourth-order valence-electron chi connectivity index (χ4n) is 0.798. The molecule has 2 heteroatoms. The summed E-state index contributed by atoms with van der Waals surface area (Å²) in [4.78, 5) is 10.9. The fraction of sp³-hybridized carbons (Fsp3) is 0.250. The SMILES string of the molecule is CC.O=C(/C=C/c1ccccc1)CBr. The summed E-state index contributed by atoms with van der Waals surface area (Å²) in [6.45, 7) is 4.00. The Labute approximate surface area is 94.0 Å². The number of halogens is 1. The van der Waals surface area contributed by atoms with Crippen LogP contribution in [0, 0.1) is 0 Å². The number of hydrogen-bond acceptors (Lipinski definition) is 1. The van der Waals surface area contributed by atoms with Crippen molar-refractivity contribution >= 4 is 27.8 Å². The van der Waals surface area contributed by atoms with Crippen molar-refractivity contribution in [3.05, 3.63) is 42.0 Å². The van der Waals surface area contributed by atoms with Gasteiger partial charge in [0.05, 0.1) is 5.33 Å². The van der Waals surface area contributed by atoms with Crippen LogP contribution in [0.1, 0.15) is 19.4 Å². The maximum Gasteiger partial charge on any atom is 0.166 e. The third kappa shape index (κ3) is 5.70. The minimum absolute atomic E-state index is 0.0823. The number of ketones is 1. The Morgan fingerprint density at radius 1 is 1.29 bits per heavy atom. The molecule has 0 N–H and O–H groups in total. The van der Waals surface area contributed by atoms with E-state index >= 15 is 0 Å².